The minimum atomic E-state index is -0.474. The first-order valence-electron chi connectivity index (χ1n) is 6.82. The van der Waals surface area contributed by atoms with E-state index in [-0.39, 0.29) is 18.1 Å². The third-order valence-corrected chi connectivity index (χ3v) is 3.19. The molecular weight excluding hydrogens is 269 g/mol. The van der Waals surface area contributed by atoms with E-state index in [9.17, 15) is 9.18 Å². The van der Waals surface area contributed by atoms with Crippen LogP contribution in [0.4, 0.5) is 4.39 Å². The van der Waals surface area contributed by atoms with Gasteiger partial charge in [0.05, 0.1) is 13.5 Å². The average molecular weight is 287 g/mol. The van der Waals surface area contributed by atoms with E-state index in [1.165, 1.54) is 13.2 Å². The Morgan fingerprint density at radius 1 is 1.14 bits per heavy atom. The molecule has 0 aromatic heterocycles. The molecule has 21 heavy (non-hydrogen) atoms. The number of methoxy groups -OCH3 is 1. The highest BCUT2D eigenvalue weighted by molar-refractivity contribution is 5.78. The number of halogens is 1. The van der Waals surface area contributed by atoms with Crippen molar-refractivity contribution < 1.29 is 13.9 Å². The lowest BCUT2D eigenvalue weighted by molar-refractivity contribution is -0.120. The number of nitrogens with one attached hydrogen (secondary N) is 1. The SMILES string of the molecule is COc1cccc(CC(=O)NCCc2ccccc2)c1F. The number of amides is 1. The first kappa shape index (κ1) is 15.0. The molecule has 0 atom stereocenters. The quantitative estimate of drug-likeness (QED) is 0.887. The van der Waals surface area contributed by atoms with Crippen molar-refractivity contribution in [3.05, 3.63) is 65.5 Å². The van der Waals surface area contributed by atoms with E-state index in [2.05, 4.69) is 5.32 Å². The Bertz CT molecular complexity index is 599. The predicted molar refractivity (Wildman–Crippen MR) is 79.8 cm³/mol. The summed E-state index contributed by atoms with van der Waals surface area (Å²) in [6.45, 7) is 0.536. The molecule has 0 heterocycles. The summed E-state index contributed by atoms with van der Waals surface area (Å²) >= 11 is 0. The minimum absolute atomic E-state index is 0.0117. The van der Waals surface area contributed by atoms with Crippen molar-refractivity contribution in [3.8, 4) is 5.75 Å². The van der Waals surface area contributed by atoms with Crippen LogP contribution in [-0.4, -0.2) is 19.6 Å². The molecule has 0 bridgehead atoms. The largest absolute Gasteiger partial charge is 0.494 e. The summed E-state index contributed by atoms with van der Waals surface area (Å²) in [6, 6.07) is 14.7. The van der Waals surface area contributed by atoms with Crippen molar-refractivity contribution in [2.45, 2.75) is 12.8 Å². The Kier molecular flexibility index (Phi) is 5.32. The lowest BCUT2D eigenvalue weighted by Crippen LogP contribution is -2.27. The molecule has 0 aliphatic heterocycles. The van der Waals surface area contributed by atoms with Crippen molar-refractivity contribution in [2.24, 2.45) is 0 Å². The van der Waals surface area contributed by atoms with Gasteiger partial charge in [0.25, 0.3) is 0 Å². The van der Waals surface area contributed by atoms with Crippen LogP contribution in [0.3, 0.4) is 0 Å². The fourth-order valence-electron chi connectivity index (χ4n) is 2.08. The molecule has 3 nitrogen and oxygen atoms in total. The van der Waals surface area contributed by atoms with Crippen LogP contribution < -0.4 is 10.1 Å². The lowest BCUT2D eigenvalue weighted by Gasteiger charge is -2.08. The highest BCUT2D eigenvalue weighted by atomic mass is 19.1. The topological polar surface area (TPSA) is 38.3 Å². The van der Waals surface area contributed by atoms with Crippen LogP contribution in [0.1, 0.15) is 11.1 Å². The highest BCUT2D eigenvalue weighted by Gasteiger charge is 2.11. The normalized spacial score (nSPS) is 10.2. The molecule has 110 valence electrons. The Labute approximate surface area is 123 Å². The molecule has 0 fully saturated rings. The lowest BCUT2D eigenvalue weighted by atomic mass is 10.1. The van der Waals surface area contributed by atoms with Gasteiger partial charge >= 0.3 is 0 Å². The molecule has 2 rings (SSSR count). The smallest absolute Gasteiger partial charge is 0.224 e. The summed E-state index contributed by atoms with van der Waals surface area (Å²) in [7, 11) is 1.40. The summed E-state index contributed by atoms with van der Waals surface area (Å²) in [4.78, 5) is 11.8. The molecule has 1 N–H and O–H groups in total. The third-order valence-electron chi connectivity index (χ3n) is 3.19. The monoisotopic (exact) mass is 287 g/mol. The Hall–Kier alpha value is -2.36. The molecule has 2 aromatic carbocycles. The van der Waals surface area contributed by atoms with Gasteiger partial charge in [-0.2, -0.15) is 0 Å². The first-order chi connectivity index (χ1) is 10.2. The number of carbonyl (C=O) groups excluding carboxylic acids is 1. The second-order valence-electron chi connectivity index (χ2n) is 4.70. The van der Waals surface area contributed by atoms with E-state index in [0.717, 1.165) is 12.0 Å². The van der Waals surface area contributed by atoms with E-state index in [1.807, 2.05) is 30.3 Å². The Balaban J connectivity index is 1.85. The van der Waals surface area contributed by atoms with E-state index < -0.39 is 5.82 Å². The van der Waals surface area contributed by atoms with Crippen LogP contribution >= 0.6 is 0 Å². The first-order valence-corrected chi connectivity index (χ1v) is 6.82. The fraction of sp³-hybridized carbons (Fsp3) is 0.235. The summed E-state index contributed by atoms with van der Waals surface area (Å²) in [6.07, 6.45) is 0.769. The van der Waals surface area contributed by atoms with Gasteiger partial charge in [-0.25, -0.2) is 4.39 Å². The number of rotatable bonds is 6. The number of benzene rings is 2. The maximum Gasteiger partial charge on any atom is 0.224 e. The van der Waals surface area contributed by atoms with Gasteiger partial charge in [-0.1, -0.05) is 42.5 Å². The van der Waals surface area contributed by atoms with E-state index in [4.69, 9.17) is 4.74 Å². The zero-order valence-electron chi connectivity index (χ0n) is 11.9. The molecule has 1 amide bonds. The molecule has 0 aliphatic rings. The van der Waals surface area contributed by atoms with Crippen molar-refractivity contribution in [3.63, 3.8) is 0 Å². The Morgan fingerprint density at radius 2 is 1.90 bits per heavy atom. The van der Waals surface area contributed by atoms with Gasteiger partial charge in [0.1, 0.15) is 0 Å². The molecule has 0 unspecified atom stereocenters. The van der Waals surface area contributed by atoms with Gasteiger partial charge in [-0.05, 0) is 18.1 Å². The maximum atomic E-state index is 13.9. The van der Waals surface area contributed by atoms with Gasteiger partial charge in [0, 0.05) is 12.1 Å². The number of hydrogen-bond donors (Lipinski definition) is 1. The van der Waals surface area contributed by atoms with Gasteiger partial charge in [0.2, 0.25) is 5.91 Å². The summed E-state index contributed by atoms with van der Waals surface area (Å²) in [5, 5.41) is 2.80. The van der Waals surface area contributed by atoms with E-state index >= 15 is 0 Å². The van der Waals surface area contributed by atoms with Crippen molar-refractivity contribution >= 4 is 5.91 Å². The average Bonchev–Trinajstić information content (AvgIpc) is 2.50. The third kappa shape index (κ3) is 4.31. The minimum Gasteiger partial charge on any atom is -0.494 e. The van der Waals surface area contributed by atoms with Gasteiger partial charge in [-0.15, -0.1) is 0 Å². The number of ether oxygens (including phenoxy) is 1. The van der Waals surface area contributed by atoms with Crippen LogP contribution in [0.2, 0.25) is 0 Å². The standard InChI is InChI=1S/C17H18FNO2/c1-21-15-9-5-8-14(17(15)18)12-16(20)19-11-10-13-6-3-2-4-7-13/h2-9H,10-12H2,1H3,(H,19,20). The highest BCUT2D eigenvalue weighted by Crippen LogP contribution is 2.20. The predicted octanol–water partition coefficient (Wildman–Crippen LogP) is 2.74. The second-order valence-corrected chi connectivity index (χ2v) is 4.70. The fourth-order valence-corrected chi connectivity index (χ4v) is 2.08. The zero-order valence-corrected chi connectivity index (χ0v) is 11.9. The van der Waals surface area contributed by atoms with Crippen molar-refractivity contribution in [1.82, 2.24) is 5.32 Å². The summed E-state index contributed by atoms with van der Waals surface area (Å²) in [5.41, 5.74) is 1.50. The van der Waals surface area contributed by atoms with Gasteiger partial charge < -0.3 is 10.1 Å². The molecule has 2 aromatic rings. The molecular formula is C17H18FNO2. The Morgan fingerprint density at radius 3 is 2.62 bits per heavy atom. The molecule has 0 saturated carbocycles. The van der Waals surface area contributed by atoms with Crippen LogP contribution in [0, 0.1) is 5.82 Å². The molecule has 4 heteroatoms. The number of carbonyl (C=O) groups is 1. The molecule has 0 radical (unpaired) electrons. The summed E-state index contributed by atoms with van der Waals surface area (Å²) in [5.74, 6) is -0.513. The van der Waals surface area contributed by atoms with Crippen molar-refractivity contribution in [2.75, 3.05) is 13.7 Å². The van der Waals surface area contributed by atoms with Crippen LogP contribution in [0.5, 0.6) is 5.75 Å². The van der Waals surface area contributed by atoms with E-state index in [1.54, 1.807) is 12.1 Å². The summed E-state index contributed by atoms with van der Waals surface area (Å²) < 4.78 is 18.8. The van der Waals surface area contributed by atoms with Crippen LogP contribution in [0.15, 0.2) is 48.5 Å². The van der Waals surface area contributed by atoms with Crippen molar-refractivity contribution in [1.29, 1.82) is 0 Å². The number of hydrogen-bond acceptors (Lipinski definition) is 2. The molecule has 0 aliphatic carbocycles. The maximum absolute atomic E-state index is 13.9. The van der Waals surface area contributed by atoms with Gasteiger partial charge in [-0.3, -0.25) is 4.79 Å². The van der Waals surface area contributed by atoms with Crippen LogP contribution in [0.25, 0.3) is 0 Å². The second kappa shape index (κ2) is 7.43. The van der Waals surface area contributed by atoms with Gasteiger partial charge in [0.15, 0.2) is 11.6 Å². The van der Waals surface area contributed by atoms with E-state index in [0.29, 0.717) is 12.1 Å². The molecule has 0 saturated heterocycles. The zero-order chi connectivity index (χ0) is 15.1. The van der Waals surface area contributed by atoms with Crippen LogP contribution in [-0.2, 0) is 17.6 Å². The molecule has 0 spiro atoms.